The first kappa shape index (κ1) is 21.7. The van der Waals surface area contributed by atoms with E-state index < -0.39 is 5.82 Å². The number of benzene rings is 3. The monoisotopic (exact) mass is 452 g/mol. The van der Waals surface area contributed by atoms with Crippen molar-refractivity contribution in [1.29, 1.82) is 0 Å². The molecule has 1 aliphatic rings. The van der Waals surface area contributed by atoms with Crippen molar-refractivity contribution in [3.8, 4) is 11.5 Å². The molecule has 1 atom stereocenters. The third kappa shape index (κ3) is 4.55. The summed E-state index contributed by atoms with van der Waals surface area (Å²) in [5.41, 5.74) is 2.29. The number of anilines is 2. The maximum atomic E-state index is 13.7. The van der Waals surface area contributed by atoms with E-state index in [1.807, 2.05) is 18.2 Å². The largest absolute Gasteiger partial charge is 0.497 e. The fourth-order valence-corrected chi connectivity index (χ4v) is 4.65. The molecule has 8 heteroatoms. The standard InChI is InChI=1S/C24H21FN2O4S/c1-30-20-10-16(11-21(13-20)31-2)23(29)26-18-7-3-5-15(9-18)24-27(22(28)14-32-24)19-8-4-6-17(25)12-19/h3-13,24H,14H2,1-2H3,(H,26,29)/t24-/m0/s1. The van der Waals surface area contributed by atoms with Crippen LogP contribution in [0.4, 0.5) is 15.8 Å². The van der Waals surface area contributed by atoms with Crippen LogP contribution in [0.25, 0.3) is 0 Å². The summed E-state index contributed by atoms with van der Waals surface area (Å²) in [4.78, 5) is 26.9. The van der Waals surface area contributed by atoms with Gasteiger partial charge in [0, 0.05) is 23.0 Å². The number of hydrogen-bond acceptors (Lipinski definition) is 5. The zero-order valence-corrected chi connectivity index (χ0v) is 18.3. The molecule has 0 unspecified atom stereocenters. The Hall–Kier alpha value is -3.52. The highest BCUT2D eigenvalue weighted by Gasteiger charge is 2.34. The van der Waals surface area contributed by atoms with Crippen LogP contribution in [0.3, 0.4) is 0 Å². The zero-order valence-electron chi connectivity index (χ0n) is 17.5. The van der Waals surface area contributed by atoms with Gasteiger partial charge < -0.3 is 14.8 Å². The molecule has 3 aromatic rings. The maximum absolute atomic E-state index is 13.7. The lowest BCUT2D eigenvalue weighted by atomic mass is 10.1. The number of carbonyl (C=O) groups is 2. The SMILES string of the molecule is COc1cc(OC)cc(C(=O)Nc2cccc([C@@H]3SCC(=O)N3c3cccc(F)c3)c2)c1. The predicted octanol–water partition coefficient (Wildman–Crippen LogP) is 4.87. The highest BCUT2D eigenvalue weighted by molar-refractivity contribution is 8.00. The molecular formula is C24H21FN2O4S. The molecule has 1 N–H and O–H groups in total. The van der Waals surface area contributed by atoms with Crippen LogP contribution < -0.4 is 19.7 Å². The van der Waals surface area contributed by atoms with Crippen LogP contribution in [0.1, 0.15) is 21.3 Å². The minimum absolute atomic E-state index is 0.0940. The molecular weight excluding hydrogens is 431 g/mol. The molecule has 1 aliphatic heterocycles. The minimum Gasteiger partial charge on any atom is -0.497 e. The van der Waals surface area contributed by atoms with E-state index in [2.05, 4.69) is 5.32 Å². The van der Waals surface area contributed by atoms with E-state index in [1.165, 1.54) is 38.1 Å². The van der Waals surface area contributed by atoms with E-state index in [-0.39, 0.29) is 17.2 Å². The molecule has 32 heavy (non-hydrogen) atoms. The normalized spacial score (nSPS) is 15.5. The van der Waals surface area contributed by atoms with Gasteiger partial charge in [-0.3, -0.25) is 14.5 Å². The van der Waals surface area contributed by atoms with Crippen LogP contribution in [-0.2, 0) is 4.79 Å². The molecule has 0 aliphatic carbocycles. The van der Waals surface area contributed by atoms with E-state index in [0.717, 1.165) is 5.56 Å². The molecule has 1 heterocycles. The van der Waals surface area contributed by atoms with Gasteiger partial charge in [-0.25, -0.2) is 4.39 Å². The second kappa shape index (κ2) is 9.32. The topological polar surface area (TPSA) is 67.9 Å². The molecule has 1 saturated heterocycles. The third-order valence-electron chi connectivity index (χ3n) is 5.00. The fraction of sp³-hybridized carbons (Fsp3) is 0.167. The molecule has 0 saturated carbocycles. The summed E-state index contributed by atoms with van der Waals surface area (Å²) in [7, 11) is 3.04. The molecule has 2 amide bonds. The van der Waals surface area contributed by atoms with Gasteiger partial charge >= 0.3 is 0 Å². The van der Waals surface area contributed by atoms with Crippen LogP contribution in [0.15, 0.2) is 66.7 Å². The molecule has 0 bridgehead atoms. The Morgan fingerprint density at radius 3 is 2.44 bits per heavy atom. The number of nitrogens with one attached hydrogen (secondary N) is 1. The Morgan fingerprint density at radius 2 is 1.75 bits per heavy atom. The van der Waals surface area contributed by atoms with Crippen LogP contribution in [0, 0.1) is 5.82 Å². The van der Waals surface area contributed by atoms with Gasteiger partial charge in [0.1, 0.15) is 22.7 Å². The van der Waals surface area contributed by atoms with Gasteiger partial charge in [0.15, 0.2) is 0 Å². The first-order valence-electron chi connectivity index (χ1n) is 9.82. The van der Waals surface area contributed by atoms with Crippen molar-refractivity contribution in [3.05, 3.63) is 83.7 Å². The Morgan fingerprint density at radius 1 is 1.03 bits per heavy atom. The van der Waals surface area contributed by atoms with Gasteiger partial charge in [-0.2, -0.15) is 0 Å². The van der Waals surface area contributed by atoms with Crippen molar-refractivity contribution < 1.29 is 23.5 Å². The van der Waals surface area contributed by atoms with E-state index >= 15 is 0 Å². The highest BCUT2D eigenvalue weighted by atomic mass is 32.2. The van der Waals surface area contributed by atoms with Crippen LogP contribution in [-0.4, -0.2) is 31.8 Å². The molecule has 1 fully saturated rings. The number of ether oxygens (including phenoxy) is 2. The van der Waals surface area contributed by atoms with Crippen LogP contribution in [0.2, 0.25) is 0 Å². The number of methoxy groups -OCH3 is 2. The zero-order chi connectivity index (χ0) is 22.7. The van der Waals surface area contributed by atoms with Gasteiger partial charge in [0.05, 0.1) is 20.0 Å². The van der Waals surface area contributed by atoms with Crippen LogP contribution in [0.5, 0.6) is 11.5 Å². The van der Waals surface area contributed by atoms with Crippen molar-refractivity contribution in [2.24, 2.45) is 0 Å². The summed E-state index contributed by atoms with van der Waals surface area (Å²) in [6.45, 7) is 0. The average molecular weight is 453 g/mol. The Labute approximate surface area is 189 Å². The van der Waals surface area contributed by atoms with Crippen molar-refractivity contribution in [2.75, 3.05) is 30.2 Å². The Bertz CT molecular complexity index is 1150. The molecule has 0 radical (unpaired) electrons. The number of carbonyl (C=O) groups excluding carboxylic acids is 2. The molecule has 0 aromatic heterocycles. The highest BCUT2D eigenvalue weighted by Crippen LogP contribution is 2.42. The quantitative estimate of drug-likeness (QED) is 0.578. The number of rotatable bonds is 6. The lowest BCUT2D eigenvalue weighted by molar-refractivity contribution is -0.115. The number of thioether (sulfide) groups is 1. The fourth-order valence-electron chi connectivity index (χ4n) is 3.49. The van der Waals surface area contributed by atoms with Gasteiger partial charge in [-0.05, 0) is 48.0 Å². The lowest BCUT2D eigenvalue weighted by Crippen LogP contribution is -2.27. The molecule has 6 nitrogen and oxygen atoms in total. The molecule has 4 rings (SSSR count). The summed E-state index contributed by atoms with van der Waals surface area (Å²) >= 11 is 1.45. The van der Waals surface area contributed by atoms with Gasteiger partial charge in [-0.15, -0.1) is 11.8 Å². The molecule has 0 spiro atoms. The van der Waals surface area contributed by atoms with E-state index in [0.29, 0.717) is 34.2 Å². The van der Waals surface area contributed by atoms with E-state index in [4.69, 9.17) is 9.47 Å². The first-order valence-corrected chi connectivity index (χ1v) is 10.9. The number of amides is 2. The summed E-state index contributed by atoms with van der Waals surface area (Å²) in [6, 6.07) is 18.2. The van der Waals surface area contributed by atoms with Gasteiger partial charge in [0.2, 0.25) is 5.91 Å². The second-order valence-corrected chi connectivity index (χ2v) is 8.16. The summed E-state index contributed by atoms with van der Waals surface area (Å²) in [6.07, 6.45) is 0. The summed E-state index contributed by atoms with van der Waals surface area (Å²) < 4.78 is 24.2. The number of halogens is 1. The lowest BCUT2D eigenvalue weighted by Gasteiger charge is -2.24. The number of nitrogens with zero attached hydrogens (tertiary/aromatic N) is 1. The van der Waals surface area contributed by atoms with Gasteiger partial charge in [-0.1, -0.05) is 18.2 Å². The first-order chi connectivity index (χ1) is 15.5. The van der Waals surface area contributed by atoms with Crippen molar-refractivity contribution in [2.45, 2.75) is 5.37 Å². The number of hydrogen-bond donors (Lipinski definition) is 1. The van der Waals surface area contributed by atoms with E-state index in [9.17, 15) is 14.0 Å². The molecule has 164 valence electrons. The summed E-state index contributed by atoms with van der Waals surface area (Å²) in [5, 5.41) is 2.56. The average Bonchev–Trinajstić information content (AvgIpc) is 3.20. The van der Waals surface area contributed by atoms with Crippen molar-refractivity contribution >= 4 is 35.0 Å². The molecule has 3 aromatic carbocycles. The smallest absolute Gasteiger partial charge is 0.255 e. The predicted molar refractivity (Wildman–Crippen MR) is 123 cm³/mol. The van der Waals surface area contributed by atoms with E-state index in [1.54, 1.807) is 41.3 Å². The summed E-state index contributed by atoms with van der Waals surface area (Å²) in [5.74, 6) is 0.492. The maximum Gasteiger partial charge on any atom is 0.255 e. The Kier molecular flexibility index (Phi) is 6.32. The van der Waals surface area contributed by atoms with Crippen LogP contribution >= 0.6 is 11.8 Å². The van der Waals surface area contributed by atoms with Crippen molar-refractivity contribution in [3.63, 3.8) is 0 Å². The van der Waals surface area contributed by atoms with Gasteiger partial charge in [0.25, 0.3) is 5.91 Å². The van der Waals surface area contributed by atoms with Crippen molar-refractivity contribution in [1.82, 2.24) is 0 Å². The minimum atomic E-state index is -0.402. The second-order valence-electron chi connectivity index (χ2n) is 7.09. The third-order valence-corrected chi connectivity index (χ3v) is 6.21. The Balaban J connectivity index is 1.58.